The predicted molar refractivity (Wildman–Crippen MR) is 249 cm³/mol. The summed E-state index contributed by atoms with van der Waals surface area (Å²) in [5.74, 6) is 2.98. The molecule has 0 amide bonds. The highest BCUT2D eigenvalue weighted by Gasteiger charge is 2.24. The fourth-order valence-electron chi connectivity index (χ4n) is 7.48. The van der Waals surface area contributed by atoms with Gasteiger partial charge in [0.2, 0.25) is 0 Å². The highest BCUT2D eigenvalue weighted by Crippen LogP contribution is 2.40. The number of anilines is 2. The van der Waals surface area contributed by atoms with E-state index >= 15 is 0 Å². The molecule has 0 aliphatic rings. The Hall–Kier alpha value is -6.85. The van der Waals surface area contributed by atoms with Crippen molar-refractivity contribution >= 4 is 63.3 Å². The predicted octanol–water partition coefficient (Wildman–Crippen LogP) is 8.43. The van der Waals surface area contributed by atoms with Crippen LogP contribution in [0.4, 0.5) is 11.6 Å². The van der Waals surface area contributed by atoms with Crippen LogP contribution in [0.3, 0.4) is 0 Å². The van der Waals surface area contributed by atoms with Crippen LogP contribution in [0.5, 0.6) is 23.0 Å². The number of carbonyl (C=O) groups is 1. The molecule has 0 spiro atoms. The van der Waals surface area contributed by atoms with E-state index in [4.69, 9.17) is 40.4 Å². The molecule has 4 N–H and O–H groups in total. The summed E-state index contributed by atoms with van der Waals surface area (Å²) in [6.45, 7) is 5.12. The van der Waals surface area contributed by atoms with Crippen LogP contribution in [0.15, 0.2) is 118 Å². The lowest BCUT2D eigenvalue weighted by Gasteiger charge is -2.18. The van der Waals surface area contributed by atoms with Crippen LogP contribution in [0.2, 0.25) is 0 Å². The number of rotatable bonds is 18. The summed E-state index contributed by atoms with van der Waals surface area (Å²) in [7, 11) is 6.52. The van der Waals surface area contributed by atoms with Crippen LogP contribution in [-0.2, 0) is 30.7 Å². The molecule has 0 aliphatic carbocycles. The van der Waals surface area contributed by atoms with Gasteiger partial charge in [-0.25, -0.2) is 29.9 Å². The highest BCUT2D eigenvalue weighted by atomic mass is 32.2. The maximum absolute atomic E-state index is 13.9. The number of carbonyl (C=O) groups excluding carboxylic acids is 1. The van der Waals surface area contributed by atoms with E-state index < -0.39 is 0 Å². The summed E-state index contributed by atoms with van der Waals surface area (Å²) < 4.78 is 26.3. The van der Waals surface area contributed by atoms with Crippen molar-refractivity contribution in [2.45, 2.75) is 71.7 Å². The van der Waals surface area contributed by atoms with Crippen molar-refractivity contribution in [2.24, 2.45) is 0 Å². The second-order valence-corrected chi connectivity index (χ2v) is 17.0. The van der Waals surface area contributed by atoms with E-state index in [1.807, 2.05) is 83.6 Å². The van der Waals surface area contributed by atoms with Gasteiger partial charge in [0.1, 0.15) is 41.4 Å². The Morgan fingerprint density at radius 2 is 0.984 bits per heavy atom. The number of nitrogens with zero attached hydrogens (tertiary/aromatic N) is 8. The molecular weight excluding hydrogens is 849 g/mol. The van der Waals surface area contributed by atoms with Crippen LogP contribution in [0.1, 0.15) is 47.9 Å². The molecule has 328 valence electrons. The zero-order valence-electron chi connectivity index (χ0n) is 36.3. The summed E-state index contributed by atoms with van der Waals surface area (Å²) in [5, 5.41) is 1.41. The van der Waals surface area contributed by atoms with Crippen LogP contribution >= 0.6 is 23.5 Å². The molecule has 8 rings (SSSR count). The molecule has 64 heavy (non-hydrogen) atoms. The fraction of sp³-hybridized carbons (Fsp3) is 0.255. The van der Waals surface area contributed by atoms with Crippen molar-refractivity contribution in [1.29, 1.82) is 0 Å². The number of aryl methyl sites for hydroxylation is 4. The van der Waals surface area contributed by atoms with Gasteiger partial charge in [-0.3, -0.25) is 4.79 Å². The smallest absolute Gasteiger partial charge is 0.175 e. The van der Waals surface area contributed by atoms with E-state index in [1.165, 1.54) is 36.2 Å². The third-order valence-electron chi connectivity index (χ3n) is 11.3. The topological polar surface area (TPSA) is 193 Å². The molecule has 0 aliphatic heterocycles. The van der Waals surface area contributed by atoms with Gasteiger partial charge in [-0.15, -0.1) is 0 Å². The first kappa shape index (κ1) is 43.8. The second kappa shape index (κ2) is 19.3. The average Bonchev–Trinajstić information content (AvgIpc) is 3.87. The number of hydrogen-bond donors (Lipinski definition) is 2. The summed E-state index contributed by atoms with van der Waals surface area (Å²) in [6, 6.07) is 27.8. The molecule has 0 saturated carbocycles. The molecule has 2 unspecified atom stereocenters. The Labute approximate surface area is 379 Å². The number of Topliss-reactive ketones (excluding diaryl/α,β-unsaturated/α-hetero) is 1. The number of ether oxygens (including phenoxy) is 4. The Bertz CT molecular complexity index is 2740. The molecule has 17 heteroatoms. The quantitative estimate of drug-likeness (QED) is 0.0833. The van der Waals surface area contributed by atoms with E-state index in [2.05, 4.69) is 44.2 Å². The molecule has 0 bridgehead atoms. The zero-order chi connectivity index (χ0) is 44.9. The Kier molecular flexibility index (Phi) is 13.2. The van der Waals surface area contributed by atoms with Crippen molar-refractivity contribution in [1.82, 2.24) is 39.0 Å². The fourth-order valence-corrected chi connectivity index (χ4v) is 9.58. The summed E-state index contributed by atoms with van der Waals surface area (Å²) in [5.41, 5.74) is 19.0. The second-order valence-electron chi connectivity index (χ2n) is 15.0. The van der Waals surface area contributed by atoms with Crippen LogP contribution < -0.4 is 30.4 Å². The van der Waals surface area contributed by atoms with Crippen molar-refractivity contribution < 1.29 is 23.7 Å². The number of nitrogens with two attached hydrogens (primary N) is 2. The summed E-state index contributed by atoms with van der Waals surface area (Å²) in [6.07, 6.45) is 4.29. The van der Waals surface area contributed by atoms with Crippen LogP contribution in [0.25, 0.3) is 22.3 Å². The number of nitrogen functional groups attached to an aromatic ring is 2. The van der Waals surface area contributed by atoms with E-state index in [0.717, 1.165) is 32.0 Å². The van der Waals surface area contributed by atoms with Gasteiger partial charge in [-0.2, -0.15) is 0 Å². The molecule has 4 heterocycles. The first-order chi connectivity index (χ1) is 31.1. The Morgan fingerprint density at radius 1 is 0.578 bits per heavy atom. The molecule has 8 aromatic rings. The third kappa shape index (κ3) is 9.12. The van der Waals surface area contributed by atoms with Gasteiger partial charge in [-0.05, 0) is 95.0 Å². The molecule has 0 saturated heterocycles. The first-order valence-electron chi connectivity index (χ1n) is 20.5. The van der Waals surface area contributed by atoms with Gasteiger partial charge >= 0.3 is 0 Å². The SMILES string of the molecule is COc1ccc(OC)c(Sc2nc3c(N)ncnc3n2CCc2ccc(C(C)C(=O)C(C)c3ccc(CCn4c(Sc5cc(OC)ccc5OC)nc5c(N)ncnc54)cc3)cc2)c1. The zero-order valence-corrected chi connectivity index (χ0v) is 37.9. The van der Waals surface area contributed by atoms with Crippen molar-refractivity contribution in [3.8, 4) is 23.0 Å². The lowest BCUT2D eigenvalue weighted by molar-refractivity contribution is -0.121. The van der Waals surface area contributed by atoms with E-state index in [-0.39, 0.29) is 17.6 Å². The summed E-state index contributed by atoms with van der Waals surface area (Å²) in [4.78, 5) is 42.7. The number of imidazole rings is 2. The molecule has 0 radical (unpaired) electrons. The molecule has 2 atom stereocenters. The highest BCUT2D eigenvalue weighted by molar-refractivity contribution is 7.99. The van der Waals surface area contributed by atoms with Gasteiger partial charge in [-0.1, -0.05) is 62.4 Å². The largest absolute Gasteiger partial charge is 0.497 e. The minimum atomic E-state index is -0.301. The van der Waals surface area contributed by atoms with Crippen LogP contribution in [0, 0.1) is 0 Å². The molecule has 0 fully saturated rings. The maximum Gasteiger partial charge on any atom is 0.175 e. The van der Waals surface area contributed by atoms with Gasteiger partial charge in [0.15, 0.2) is 44.3 Å². The van der Waals surface area contributed by atoms with Crippen LogP contribution in [-0.4, -0.2) is 73.3 Å². The number of methoxy groups -OCH3 is 4. The summed E-state index contributed by atoms with van der Waals surface area (Å²) >= 11 is 2.90. The van der Waals surface area contributed by atoms with Gasteiger partial charge in [0.25, 0.3) is 0 Å². The van der Waals surface area contributed by atoms with Gasteiger partial charge < -0.3 is 39.5 Å². The van der Waals surface area contributed by atoms with Gasteiger partial charge in [0, 0.05) is 24.9 Å². The minimum Gasteiger partial charge on any atom is -0.497 e. The molecular formula is C47H48N10O5S2. The van der Waals surface area contributed by atoms with Crippen molar-refractivity contribution in [3.05, 3.63) is 120 Å². The molecule has 4 aromatic carbocycles. The first-order valence-corrected chi connectivity index (χ1v) is 22.2. The monoisotopic (exact) mass is 896 g/mol. The molecule has 4 aromatic heterocycles. The normalized spacial score (nSPS) is 12.3. The molecule has 15 nitrogen and oxygen atoms in total. The minimum absolute atomic E-state index is 0.147. The standard InChI is InChI=1S/C47H48N10O5S2/c1-27(31-11-7-29(8-12-31)19-21-56-44-39(42(48)50-25-52-44)54-46(56)63-37-23-33(59-3)15-17-35(37)61-5)41(58)28(2)32-13-9-30(10-14-32)20-22-57-45-40(43(49)51-26-53-45)55-47(57)64-38-24-34(60-4)16-18-36(38)62-6/h7-18,23-28H,19-22H2,1-6H3,(H2,48,50,52)(H2,49,51,53). The van der Waals surface area contributed by atoms with Crippen molar-refractivity contribution in [3.63, 3.8) is 0 Å². The Balaban J connectivity index is 0.924. The number of aromatic nitrogens is 8. The average molecular weight is 897 g/mol. The van der Waals surface area contributed by atoms with Crippen molar-refractivity contribution in [2.75, 3.05) is 39.9 Å². The number of hydrogen-bond acceptors (Lipinski definition) is 15. The van der Waals surface area contributed by atoms with Gasteiger partial charge in [0.05, 0.1) is 38.2 Å². The van der Waals surface area contributed by atoms with E-state index in [1.54, 1.807) is 28.4 Å². The lowest BCUT2D eigenvalue weighted by Crippen LogP contribution is -2.16. The van der Waals surface area contributed by atoms with E-state index in [9.17, 15) is 4.79 Å². The maximum atomic E-state index is 13.9. The third-order valence-corrected chi connectivity index (χ3v) is 13.3. The number of fused-ring (bicyclic) bond motifs is 2. The Morgan fingerprint density at radius 3 is 1.36 bits per heavy atom. The van der Waals surface area contributed by atoms with E-state index in [0.29, 0.717) is 93.2 Å². The number of ketones is 1. The number of benzene rings is 4. The lowest BCUT2D eigenvalue weighted by atomic mass is 9.85.